The van der Waals surface area contributed by atoms with E-state index < -0.39 is 77.4 Å². The van der Waals surface area contributed by atoms with Gasteiger partial charge in [-0.05, 0) is 49.8 Å². The van der Waals surface area contributed by atoms with Crippen molar-refractivity contribution in [3.63, 3.8) is 0 Å². The smallest absolute Gasteiger partial charge is 0.417 e. The summed E-state index contributed by atoms with van der Waals surface area (Å²) in [6.45, 7) is 1.25. The van der Waals surface area contributed by atoms with Crippen LogP contribution in [-0.2, 0) is 4.79 Å². The van der Waals surface area contributed by atoms with Gasteiger partial charge in [-0.15, -0.1) is 0 Å². The summed E-state index contributed by atoms with van der Waals surface area (Å²) in [4.78, 5) is 12.8. The van der Waals surface area contributed by atoms with E-state index in [4.69, 9.17) is 0 Å². The van der Waals surface area contributed by atoms with Crippen LogP contribution in [0.25, 0.3) is 16.7 Å². The molecule has 1 aliphatic carbocycles. The molecule has 2 aromatic rings. The Morgan fingerprint density at radius 2 is 1.62 bits per heavy atom. The second-order valence-electron chi connectivity index (χ2n) is 8.38. The fourth-order valence-electron chi connectivity index (χ4n) is 4.50. The number of halogens is 5. The van der Waals surface area contributed by atoms with E-state index in [1.807, 2.05) is 0 Å². The molecule has 1 aliphatic heterocycles. The Balaban J connectivity index is 1.82. The quantitative estimate of drug-likeness (QED) is 0.564. The molecule has 1 amide bonds. The molecular formula is C23H20F5NO3. The molecule has 2 aromatic carbocycles. The van der Waals surface area contributed by atoms with Crippen LogP contribution in [-0.4, -0.2) is 33.4 Å². The molecule has 0 saturated heterocycles. The zero-order chi connectivity index (χ0) is 23.5. The van der Waals surface area contributed by atoms with Crippen molar-refractivity contribution in [2.45, 2.75) is 49.9 Å². The first-order valence-electron chi connectivity index (χ1n) is 10.00. The molecule has 1 fully saturated rings. The molecule has 0 atom stereocenters. The van der Waals surface area contributed by atoms with Crippen LogP contribution in [0.1, 0.15) is 36.8 Å². The monoisotopic (exact) mass is 453 g/mol. The lowest BCUT2D eigenvalue weighted by Gasteiger charge is -2.42. The molecule has 1 saturated carbocycles. The minimum Gasteiger partial charge on any atom is -0.509 e. The van der Waals surface area contributed by atoms with Crippen molar-refractivity contribution >= 4 is 11.5 Å². The third-order valence-corrected chi connectivity index (χ3v) is 6.52. The first kappa shape index (κ1) is 22.3. The van der Waals surface area contributed by atoms with E-state index in [2.05, 4.69) is 5.32 Å². The van der Waals surface area contributed by atoms with Gasteiger partial charge in [0.25, 0.3) is 5.91 Å². The average molecular weight is 453 g/mol. The summed E-state index contributed by atoms with van der Waals surface area (Å²) in [7, 11) is 0. The Bertz CT molecular complexity index is 1120. The van der Waals surface area contributed by atoms with Crippen LogP contribution in [0.3, 0.4) is 0 Å². The van der Waals surface area contributed by atoms with Crippen molar-refractivity contribution in [1.82, 2.24) is 5.32 Å². The molecule has 9 heteroatoms. The van der Waals surface area contributed by atoms with E-state index >= 15 is 4.39 Å². The Labute approximate surface area is 180 Å². The largest absolute Gasteiger partial charge is 0.509 e. The topological polar surface area (TPSA) is 69.6 Å². The Morgan fingerprint density at radius 1 is 1.03 bits per heavy atom. The van der Waals surface area contributed by atoms with Crippen LogP contribution in [0, 0.1) is 18.6 Å². The minimum absolute atomic E-state index is 0.118. The van der Waals surface area contributed by atoms with Gasteiger partial charge in [-0.25, -0.2) is 8.78 Å². The van der Waals surface area contributed by atoms with Gasteiger partial charge in [0.05, 0.1) is 11.1 Å². The maximum absolute atomic E-state index is 15.6. The van der Waals surface area contributed by atoms with Crippen LogP contribution >= 0.6 is 0 Å². The molecule has 4 nitrogen and oxygen atoms in total. The molecular weight excluding hydrogens is 433 g/mol. The van der Waals surface area contributed by atoms with Gasteiger partial charge in [-0.1, -0.05) is 30.3 Å². The van der Waals surface area contributed by atoms with Crippen molar-refractivity contribution in [2.75, 3.05) is 0 Å². The Kier molecular flexibility index (Phi) is 5.08. The molecule has 170 valence electrons. The molecule has 0 unspecified atom stereocenters. The van der Waals surface area contributed by atoms with Gasteiger partial charge in [-0.3, -0.25) is 4.79 Å². The van der Waals surface area contributed by atoms with Crippen molar-refractivity contribution in [3.8, 4) is 11.1 Å². The number of nitrogens with one attached hydrogen (secondary N) is 1. The second-order valence-corrected chi connectivity index (χ2v) is 8.38. The number of benzene rings is 2. The maximum Gasteiger partial charge on any atom is 0.417 e. The number of carbonyl (C=O) groups is 1. The fourth-order valence-corrected chi connectivity index (χ4v) is 4.50. The second kappa shape index (κ2) is 7.30. The molecule has 2 aliphatic rings. The molecule has 0 radical (unpaired) electrons. The number of alkyl halides is 3. The van der Waals surface area contributed by atoms with Gasteiger partial charge in [0.15, 0.2) is 5.60 Å². The first-order chi connectivity index (χ1) is 14.9. The molecule has 1 spiro atoms. The van der Waals surface area contributed by atoms with Gasteiger partial charge >= 0.3 is 6.18 Å². The van der Waals surface area contributed by atoms with Gasteiger partial charge in [-0.2, -0.15) is 13.2 Å². The summed E-state index contributed by atoms with van der Waals surface area (Å²) < 4.78 is 69.8. The van der Waals surface area contributed by atoms with Crippen LogP contribution in [0.4, 0.5) is 22.0 Å². The standard InChI is InChI=1S/C23H20F5NO3/c1-12-15(24)11-14(13-5-3-2-4-6-13)18(25)16(12)17-19(30)21(29-20(17)31)7-9-22(32,10-8-21)23(26,27)28/h2-6,11,30,32H,7-10H2,1H3,(H,29,31). The highest BCUT2D eigenvalue weighted by molar-refractivity contribution is 6.23. The summed E-state index contributed by atoms with van der Waals surface area (Å²) in [5, 5.41) is 23.3. The van der Waals surface area contributed by atoms with Gasteiger partial charge in [0.2, 0.25) is 0 Å². The van der Waals surface area contributed by atoms with Gasteiger partial charge in [0, 0.05) is 11.1 Å². The molecule has 4 rings (SSSR count). The summed E-state index contributed by atoms with van der Waals surface area (Å²) in [5.74, 6) is -3.28. The summed E-state index contributed by atoms with van der Waals surface area (Å²) in [6, 6.07) is 9.06. The molecule has 0 bridgehead atoms. The van der Waals surface area contributed by atoms with Crippen molar-refractivity contribution in [1.29, 1.82) is 0 Å². The van der Waals surface area contributed by atoms with Crippen LogP contribution in [0.5, 0.6) is 0 Å². The molecule has 1 heterocycles. The number of hydrogen-bond donors (Lipinski definition) is 3. The number of rotatable bonds is 2. The fraction of sp³-hybridized carbons (Fsp3) is 0.348. The third-order valence-electron chi connectivity index (χ3n) is 6.52. The summed E-state index contributed by atoms with van der Waals surface area (Å²) >= 11 is 0. The zero-order valence-corrected chi connectivity index (χ0v) is 17.0. The van der Waals surface area contributed by atoms with E-state index in [0.29, 0.717) is 5.56 Å². The number of carbonyl (C=O) groups excluding carboxylic acids is 1. The first-order valence-corrected chi connectivity index (χ1v) is 10.00. The van der Waals surface area contributed by atoms with E-state index in [1.54, 1.807) is 30.3 Å². The Morgan fingerprint density at radius 3 is 2.19 bits per heavy atom. The van der Waals surface area contributed by atoms with Crippen LogP contribution in [0.2, 0.25) is 0 Å². The predicted octanol–water partition coefficient (Wildman–Crippen LogP) is 4.95. The van der Waals surface area contributed by atoms with Gasteiger partial charge < -0.3 is 15.5 Å². The lowest BCUT2D eigenvalue weighted by Crippen LogP contribution is -2.56. The number of hydrogen-bond acceptors (Lipinski definition) is 3. The summed E-state index contributed by atoms with van der Waals surface area (Å²) in [6.07, 6.45) is -7.20. The van der Waals surface area contributed by atoms with E-state index in [0.717, 1.165) is 6.07 Å². The van der Waals surface area contributed by atoms with E-state index in [9.17, 15) is 32.6 Å². The van der Waals surface area contributed by atoms with Crippen molar-refractivity contribution in [2.24, 2.45) is 0 Å². The highest BCUT2D eigenvalue weighted by Crippen LogP contribution is 2.49. The lowest BCUT2D eigenvalue weighted by atomic mass is 9.73. The van der Waals surface area contributed by atoms with Crippen LogP contribution < -0.4 is 5.32 Å². The number of aliphatic hydroxyl groups is 2. The summed E-state index contributed by atoms with van der Waals surface area (Å²) in [5.41, 5.74) is -5.44. The highest BCUT2D eigenvalue weighted by Gasteiger charge is 2.60. The minimum atomic E-state index is -4.87. The molecule has 3 N–H and O–H groups in total. The van der Waals surface area contributed by atoms with E-state index in [-0.39, 0.29) is 11.1 Å². The normalized spacial score (nSPS) is 26.0. The van der Waals surface area contributed by atoms with Crippen LogP contribution in [0.15, 0.2) is 42.2 Å². The molecule has 32 heavy (non-hydrogen) atoms. The third kappa shape index (κ3) is 3.26. The number of amides is 1. The Hall–Kier alpha value is -2.94. The van der Waals surface area contributed by atoms with E-state index in [1.165, 1.54) is 6.92 Å². The maximum atomic E-state index is 15.6. The average Bonchev–Trinajstić information content (AvgIpc) is 2.97. The lowest BCUT2D eigenvalue weighted by molar-refractivity contribution is -0.272. The van der Waals surface area contributed by atoms with Crippen molar-refractivity contribution < 1.29 is 37.0 Å². The molecule has 0 aromatic heterocycles. The highest BCUT2D eigenvalue weighted by atomic mass is 19.4. The van der Waals surface area contributed by atoms with Crippen molar-refractivity contribution in [3.05, 3.63) is 64.9 Å². The van der Waals surface area contributed by atoms with Gasteiger partial charge in [0.1, 0.15) is 17.4 Å². The zero-order valence-electron chi connectivity index (χ0n) is 17.0. The predicted molar refractivity (Wildman–Crippen MR) is 106 cm³/mol. The number of aliphatic hydroxyl groups excluding tert-OH is 1. The SMILES string of the molecule is Cc1c(F)cc(-c2ccccc2)c(F)c1C1=C(O)C2(CCC(O)(C(F)(F)F)CC2)NC1=O.